The largest absolute Gasteiger partial charge is 0.519 e. The molecule has 0 aromatic heterocycles. The highest BCUT2D eigenvalue weighted by Crippen LogP contribution is 2.16. The van der Waals surface area contributed by atoms with Gasteiger partial charge in [0.2, 0.25) is 0 Å². The van der Waals surface area contributed by atoms with E-state index in [1.165, 1.54) is 31.8 Å². The maximum Gasteiger partial charge on any atom is 0.519 e. The molecule has 16 heteroatoms. The third-order valence-electron chi connectivity index (χ3n) is 6.31. The molecule has 0 saturated heterocycles. The summed E-state index contributed by atoms with van der Waals surface area (Å²) in [6, 6.07) is 12.6. The number of hydrogen-bond acceptors (Lipinski definition) is 11. The van der Waals surface area contributed by atoms with E-state index in [4.69, 9.17) is 53.4 Å². The lowest BCUT2D eigenvalue weighted by Gasteiger charge is -2.22. The maximum atomic E-state index is 11.6. The summed E-state index contributed by atoms with van der Waals surface area (Å²) in [7, 11) is 0. The lowest BCUT2D eigenvalue weighted by Crippen LogP contribution is -2.34. The zero-order valence-corrected chi connectivity index (χ0v) is 37.0. The summed E-state index contributed by atoms with van der Waals surface area (Å²) < 4.78 is 18.9. The van der Waals surface area contributed by atoms with Crippen molar-refractivity contribution in [2.45, 2.75) is 126 Å². The Bertz CT molecular complexity index is 1430. The summed E-state index contributed by atoms with van der Waals surface area (Å²) in [6.07, 6.45) is -2.64. The van der Waals surface area contributed by atoms with Crippen molar-refractivity contribution >= 4 is 53.5 Å². The number of halogens is 2. The number of carboxylic acid groups (broad SMARTS) is 2. The number of alkyl carbamates (subject to hydrolysis) is 1. The van der Waals surface area contributed by atoms with Gasteiger partial charge < -0.3 is 45.1 Å². The highest BCUT2D eigenvalue weighted by Gasteiger charge is 2.24. The van der Waals surface area contributed by atoms with E-state index < -0.39 is 47.1 Å². The van der Waals surface area contributed by atoms with E-state index in [0.717, 1.165) is 5.56 Å². The third-order valence-corrected chi connectivity index (χ3v) is 6.31. The first-order valence-electron chi connectivity index (χ1n) is 18.0. The van der Waals surface area contributed by atoms with E-state index in [2.05, 4.69) is 35.7 Å². The first-order valence-corrected chi connectivity index (χ1v) is 19.0. The Balaban J connectivity index is -0.000000683. The molecule has 0 saturated carbocycles. The molecule has 1 amide bonds. The smallest absolute Gasteiger partial charge is 0.478 e. The molecule has 0 aliphatic heterocycles. The fraction of sp³-hybridized carbons (Fsp3) is 0.575. The summed E-state index contributed by atoms with van der Waals surface area (Å²) in [5.41, 5.74) is 5.66. The third kappa shape index (κ3) is 32.2. The minimum atomic E-state index is -1.06. The number of nitrogens with two attached hydrogens (primary N) is 1. The molecule has 0 heterocycles. The first-order chi connectivity index (χ1) is 25.6. The number of alkyl halides is 2. The number of nitrogens with one attached hydrogen (secondary N) is 1. The molecule has 0 bridgehead atoms. The van der Waals surface area contributed by atoms with Gasteiger partial charge in [0.1, 0.15) is 16.8 Å². The second-order valence-corrected chi connectivity index (χ2v) is 15.6. The van der Waals surface area contributed by atoms with Gasteiger partial charge in [0.25, 0.3) is 0 Å². The van der Waals surface area contributed by atoms with Gasteiger partial charge >= 0.3 is 30.3 Å². The standard InChI is InChI=1S/C14H19NO4.C10H18O5.C9H11NO2.C6H15N.CH2Cl2/c1-9(15-13(18)19-14(2,3)4)10-6-5-7-11(8-10)12(16)17;1-9(2,3)14-7(11)13-8(12)15-10(4,5)6;1-6(10)7-3-2-4-8(5-7)9(11)12;1-4-7(5-2)6-3;2-1-3/h5-9H,1-4H3,(H,15,18)(H,16,17);1-6H3;2-6H,10H2,1H3,(H,11,12);4-6H2,1-3H3;1H2/t9-;;6-;;/m0.0../s1. The maximum absolute atomic E-state index is 11.6. The summed E-state index contributed by atoms with van der Waals surface area (Å²) in [4.78, 5) is 57.4. The van der Waals surface area contributed by atoms with Crippen LogP contribution in [0, 0.1) is 0 Å². The highest BCUT2D eigenvalue weighted by molar-refractivity contribution is 6.40. The number of benzene rings is 2. The molecular formula is C40H65Cl2N3O11. The Labute approximate surface area is 343 Å². The Morgan fingerprint density at radius 1 is 0.679 bits per heavy atom. The molecule has 0 aliphatic carbocycles. The van der Waals surface area contributed by atoms with Gasteiger partial charge in [-0.05, 0) is 131 Å². The predicted molar refractivity (Wildman–Crippen MR) is 221 cm³/mol. The lowest BCUT2D eigenvalue weighted by atomic mass is 10.1. The van der Waals surface area contributed by atoms with Crippen molar-refractivity contribution in [2.24, 2.45) is 5.73 Å². The topological polar surface area (TPSA) is 204 Å². The van der Waals surface area contributed by atoms with Crippen LogP contribution < -0.4 is 11.1 Å². The number of carbonyl (C=O) groups is 5. The molecule has 0 fully saturated rings. The zero-order valence-electron chi connectivity index (χ0n) is 35.5. The fourth-order valence-electron chi connectivity index (χ4n) is 3.74. The van der Waals surface area contributed by atoms with Crippen LogP contribution in [0.3, 0.4) is 0 Å². The van der Waals surface area contributed by atoms with E-state index in [9.17, 15) is 24.0 Å². The molecule has 0 unspecified atom stereocenters. The van der Waals surface area contributed by atoms with E-state index in [1.54, 1.807) is 99.6 Å². The van der Waals surface area contributed by atoms with Crippen LogP contribution >= 0.6 is 23.2 Å². The van der Waals surface area contributed by atoms with Crippen molar-refractivity contribution < 1.29 is 53.1 Å². The molecule has 2 rings (SSSR count). The van der Waals surface area contributed by atoms with Crippen molar-refractivity contribution in [3.8, 4) is 0 Å². The summed E-state index contributed by atoms with van der Waals surface area (Å²) in [6.45, 7) is 29.1. The van der Waals surface area contributed by atoms with Gasteiger partial charge in [-0.15, -0.1) is 23.2 Å². The molecule has 2 aromatic rings. The second kappa shape index (κ2) is 28.3. The van der Waals surface area contributed by atoms with Crippen LogP contribution in [-0.2, 0) is 18.9 Å². The van der Waals surface area contributed by atoms with Crippen LogP contribution in [0.15, 0.2) is 48.5 Å². The van der Waals surface area contributed by atoms with Crippen molar-refractivity contribution in [3.05, 3.63) is 70.8 Å². The van der Waals surface area contributed by atoms with Crippen LogP contribution in [0.25, 0.3) is 0 Å². The van der Waals surface area contributed by atoms with Crippen molar-refractivity contribution in [2.75, 3.05) is 25.0 Å². The molecular weight excluding hydrogens is 769 g/mol. The number of rotatable bonds is 8. The van der Waals surface area contributed by atoms with Gasteiger partial charge in [-0.1, -0.05) is 45.0 Å². The van der Waals surface area contributed by atoms with Crippen LogP contribution in [0.1, 0.15) is 141 Å². The molecule has 14 nitrogen and oxygen atoms in total. The summed E-state index contributed by atoms with van der Waals surface area (Å²) >= 11 is 9.53. The average Bonchev–Trinajstić information content (AvgIpc) is 3.04. The quantitative estimate of drug-likeness (QED) is 0.0847. The number of aromatic carboxylic acids is 2. The average molecular weight is 835 g/mol. The lowest BCUT2D eigenvalue weighted by molar-refractivity contribution is -0.0294. The van der Waals surface area contributed by atoms with Gasteiger partial charge in [0, 0.05) is 6.04 Å². The first kappa shape index (κ1) is 56.2. The van der Waals surface area contributed by atoms with Crippen LogP contribution in [-0.4, -0.2) is 87.2 Å². The molecule has 2 atom stereocenters. The molecule has 56 heavy (non-hydrogen) atoms. The summed E-state index contributed by atoms with van der Waals surface area (Å²) in [5.74, 6) is -1.91. The minimum Gasteiger partial charge on any atom is -0.478 e. The Morgan fingerprint density at radius 3 is 1.30 bits per heavy atom. The number of amides is 1. The molecule has 0 spiro atoms. The molecule has 5 N–H and O–H groups in total. The summed E-state index contributed by atoms with van der Waals surface area (Å²) in [5, 5.41) is 20.4. The number of hydrogen-bond donors (Lipinski definition) is 4. The molecule has 2 aromatic carbocycles. The highest BCUT2D eigenvalue weighted by atomic mass is 35.5. The SMILES string of the molecule is CC(C)(C)OC(=O)OC(=O)OC(C)(C)C.CCN(CC)CC.C[C@H](N)c1cccc(C(=O)O)c1.C[C@H](NC(=O)OC(C)(C)C)c1cccc(C(=O)O)c1.ClCCl. The van der Waals surface area contributed by atoms with Gasteiger partial charge in [0.05, 0.1) is 22.5 Å². The Hall–Kier alpha value is -4.11. The predicted octanol–water partition coefficient (Wildman–Crippen LogP) is 10.0. The van der Waals surface area contributed by atoms with Crippen molar-refractivity contribution in [1.29, 1.82) is 0 Å². The van der Waals surface area contributed by atoms with Gasteiger partial charge in [-0.3, -0.25) is 0 Å². The van der Waals surface area contributed by atoms with E-state index in [0.29, 0.717) is 5.56 Å². The normalized spacial score (nSPS) is 11.8. The van der Waals surface area contributed by atoms with E-state index >= 15 is 0 Å². The second-order valence-electron chi connectivity index (χ2n) is 14.8. The van der Waals surface area contributed by atoms with Crippen molar-refractivity contribution in [1.82, 2.24) is 10.2 Å². The molecule has 320 valence electrons. The number of carbonyl (C=O) groups excluding carboxylic acids is 3. The van der Waals surface area contributed by atoms with Gasteiger partial charge in [-0.2, -0.15) is 0 Å². The number of nitrogens with zero attached hydrogens (tertiary/aromatic N) is 1. The zero-order chi connectivity index (χ0) is 44.4. The fourth-order valence-corrected chi connectivity index (χ4v) is 3.74. The van der Waals surface area contributed by atoms with Crippen LogP contribution in [0.5, 0.6) is 0 Å². The van der Waals surface area contributed by atoms with Gasteiger partial charge in [0.15, 0.2) is 0 Å². The molecule has 0 aliphatic rings. The molecule has 0 radical (unpaired) electrons. The number of carboxylic acids is 2. The Kier molecular flexibility index (Phi) is 28.4. The van der Waals surface area contributed by atoms with Crippen LogP contribution in [0.4, 0.5) is 14.4 Å². The van der Waals surface area contributed by atoms with Gasteiger partial charge in [-0.25, -0.2) is 24.0 Å². The monoisotopic (exact) mass is 833 g/mol. The van der Waals surface area contributed by atoms with E-state index in [-0.39, 0.29) is 28.5 Å². The van der Waals surface area contributed by atoms with Crippen LogP contribution in [0.2, 0.25) is 0 Å². The Morgan fingerprint density at radius 2 is 1.02 bits per heavy atom. The number of ether oxygens (including phenoxy) is 4. The van der Waals surface area contributed by atoms with E-state index in [1.807, 2.05) is 13.0 Å². The van der Waals surface area contributed by atoms with Crippen molar-refractivity contribution in [3.63, 3.8) is 0 Å². The minimum absolute atomic E-state index is 0.121.